The van der Waals surface area contributed by atoms with Crippen LogP contribution in [-0.2, 0) is 9.16 Å². The number of rotatable bonds is 5. The van der Waals surface area contributed by atoms with Crippen LogP contribution in [0, 0.1) is 0 Å². The lowest BCUT2D eigenvalue weighted by Gasteiger charge is -2.36. The predicted molar refractivity (Wildman–Crippen MR) is 75.9 cm³/mol. The molecule has 1 aliphatic rings. The maximum absolute atomic E-state index is 6.19. The van der Waals surface area contributed by atoms with Gasteiger partial charge in [0.25, 0.3) is 0 Å². The van der Waals surface area contributed by atoms with E-state index in [1.807, 2.05) is 6.08 Å². The molecular weight excluding hydrogens is 228 g/mol. The van der Waals surface area contributed by atoms with Crippen LogP contribution in [0.25, 0.3) is 0 Å². The van der Waals surface area contributed by atoms with Crippen molar-refractivity contribution in [3.63, 3.8) is 0 Å². The molecule has 0 aromatic heterocycles. The lowest BCUT2D eigenvalue weighted by molar-refractivity contribution is 0.0164. The Kier molecular flexibility index (Phi) is 4.99. The van der Waals surface area contributed by atoms with Crippen molar-refractivity contribution < 1.29 is 9.16 Å². The number of ether oxygens (including phenoxy) is 1. The van der Waals surface area contributed by atoms with E-state index >= 15 is 0 Å². The Labute approximate surface area is 108 Å². The number of hydrogen-bond donors (Lipinski definition) is 0. The largest absolute Gasteiger partial charge is 0.414 e. The number of hydrogen-bond acceptors (Lipinski definition) is 2. The fourth-order valence-corrected chi connectivity index (χ4v) is 2.82. The molecule has 1 saturated heterocycles. The lowest BCUT2D eigenvalue weighted by atomic mass is 10.1. The van der Waals surface area contributed by atoms with Crippen molar-refractivity contribution in [3.05, 3.63) is 12.7 Å². The van der Waals surface area contributed by atoms with Crippen molar-refractivity contribution in [1.82, 2.24) is 0 Å². The first-order chi connectivity index (χ1) is 7.76. The second-order valence-electron chi connectivity index (χ2n) is 6.55. The Morgan fingerprint density at radius 2 is 1.88 bits per heavy atom. The molecule has 0 aromatic carbocycles. The smallest absolute Gasteiger partial charge is 0.192 e. The lowest BCUT2D eigenvalue weighted by Crippen LogP contribution is -2.42. The molecule has 0 N–H and O–H groups in total. The Bertz CT molecular complexity index is 255. The summed E-state index contributed by atoms with van der Waals surface area (Å²) in [5.74, 6) is 0. The van der Waals surface area contributed by atoms with Gasteiger partial charge >= 0.3 is 0 Å². The second-order valence-corrected chi connectivity index (χ2v) is 11.4. The van der Waals surface area contributed by atoms with E-state index in [4.69, 9.17) is 9.16 Å². The maximum Gasteiger partial charge on any atom is 0.192 e. The molecule has 0 unspecified atom stereocenters. The SMILES string of the molecule is C=CC[C@H]1CC[C@H](CO[Si](C)(C)C(C)(C)C)O1. The van der Waals surface area contributed by atoms with Crippen molar-refractivity contribution in [3.8, 4) is 0 Å². The Hall–Kier alpha value is -0.123. The average molecular weight is 256 g/mol. The monoisotopic (exact) mass is 256 g/mol. The van der Waals surface area contributed by atoms with Crippen LogP contribution in [0.15, 0.2) is 12.7 Å². The standard InChI is InChI=1S/C14H28O2Si/c1-7-8-12-9-10-13(16-12)11-15-17(5,6)14(2,3)4/h7,12-13H,1,8-11H2,2-6H3/t12-,13+/m0/s1. The summed E-state index contributed by atoms with van der Waals surface area (Å²) < 4.78 is 12.1. The van der Waals surface area contributed by atoms with Gasteiger partial charge in [-0.3, -0.25) is 0 Å². The first kappa shape index (κ1) is 14.9. The van der Waals surface area contributed by atoms with Crippen LogP contribution >= 0.6 is 0 Å². The van der Waals surface area contributed by atoms with Gasteiger partial charge in [0, 0.05) is 0 Å². The van der Waals surface area contributed by atoms with E-state index in [0.29, 0.717) is 12.2 Å². The van der Waals surface area contributed by atoms with E-state index in [1.165, 1.54) is 0 Å². The molecule has 1 heterocycles. The second kappa shape index (κ2) is 5.68. The Balaban J connectivity index is 2.35. The molecule has 2 atom stereocenters. The molecule has 2 nitrogen and oxygen atoms in total. The molecule has 100 valence electrons. The molecule has 17 heavy (non-hydrogen) atoms. The minimum atomic E-state index is -1.61. The van der Waals surface area contributed by atoms with Crippen LogP contribution in [0.3, 0.4) is 0 Å². The van der Waals surface area contributed by atoms with Crippen molar-refractivity contribution in [2.24, 2.45) is 0 Å². The molecule has 0 saturated carbocycles. The summed E-state index contributed by atoms with van der Waals surface area (Å²) in [6.07, 6.45) is 5.87. The summed E-state index contributed by atoms with van der Waals surface area (Å²) in [6, 6.07) is 0. The fraction of sp³-hybridized carbons (Fsp3) is 0.857. The summed E-state index contributed by atoms with van der Waals surface area (Å²) in [5, 5.41) is 0.284. The van der Waals surface area contributed by atoms with Gasteiger partial charge in [-0.2, -0.15) is 0 Å². The molecule has 0 radical (unpaired) electrons. The molecule has 1 fully saturated rings. The summed E-state index contributed by atoms with van der Waals surface area (Å²) >= 11 is 0. The van der Waals surface area contributed by atoms with Crippen molar-refractivity contribution in [2.45, 2.75) is 70.4 Å². The van der Waals surface area contributed by atoms with Gasteiger partial charge in [-0.1, -0.05) is 26.8 Å². The minimum Gasteiger partial charge on any atom is -0.414 e. The van der Waals surface area contributed by atoms with Crippen molar-refractivity contribution in [2.75, 3.05) is 6.61 Å². The van der Waals surface area contributed by atoms with Gasteiger partial charge in [-0.05, 0) is 37.4 Å². The van der Waals surface area contributed by atoms with Gasteiger partial charge in [-0.15, -0.1) is 6.58 Å². The molecule has 3 heteroatoms. The van der Waals surface area contributed by atoms with Crippen LogP contribution < -0.4 is 0 Å². The van der Waals surface area contributed by atoms with E-state index in [1.54, 1.807) is 0 Å². The molecule has 0 amide bonds. The van der Waals surface area contributed by atoms with Gasteiger partial charge in [0.15, 0.2) is 8.32 Å². The van der Waals surface area contributed by atoms with E-state index in [-0.39, 0.29) is 5.04 Å². The van der Waals surface area contributed by atoms with Gasteiger partial charge in [0.1, 0.15) is 0 Å². The highest BCUT2D eigenvalue weighted by Crippen LogP contribution is 2.37. The zero-order valence-electron chi connectivity index (χ0n) is 12.1. The maximum atomic E-state index is 6.19. The highest BCUT2D eigenvalue weighted by molar-refractivity contribution is 6.74. The molecular formula is C14H28O2Si. The normalized spacial score (nSPS) is 26.2. The minimum absolute atomic E-state index is 0.284. The molecule has 0 aliphatic carbocycles. The first-order valence-electron chi connectivity index (χ1n) is 6.66. The summed E-state index contributed by atoms with van der Waals surface area (Å²) in [4.78, 5) is 0. The van der Waals surface area contributed by atoms with Gasteiger partial charge in [0.2, 0.25) is 0 Å². The van der Waals surface area contributed by atoms with Gasteiger partial charge in [-0.25, -0.2) is 0 Å². The third kappa shape index (κ3) is 4.23. The van der Waals surface area contributed by atoms with E-state index in [0.717, 1.165) is 25.9 Å². The fourth-order valence-electron chi connectivity index (χ4n) is 1.78. The predicted octanol–water partition coefficient (Wildman–Crippen LogP) is 4.13. The average Bonchev–Trinajstić information content (AvgIpc) is 2.62. The van der Waals surface area contributed by atoms with Crippen molar-refractivity contribution >= 4 is 8.32 Å². The highest BCUT2D eigenvalue weighted by Gasteiger charge is 2.38. The van der Waals surface area contributed by atoms with E-state index in [2.05, 4.69) is 40.4 Å². The third-order valence-electron chi connectivity index (χ3n) is 4.06. The molecule has 1 rings (SSSR count). The molecule has 0 aromatic rings. The Morgan fingerprint density at radius 1 is 1.29 bits per heavy atom. The topological polar surface area (TPSA) is 18.5 Å². The van der Waals surface area contributed by atoms with Crippen LogP contribution in [0.4, 0.5) is 0 Å². The summed E-state index contributed by atoms with van der Waals surface area (Å²) in [5.41, 5.74) is 0. The highest BCUT2D eigenvalue weighted by atomic mass is 28.4. The van der Waals surface area contributed by atoms with E-state index in [9.17, 15) is 0 Å². The van der Waals surface area contributed by atoms with Crippen LogP contribution in [0.1, 0.15) is 40.0 Å². The Morgan fingerprint density at radius 3 is 2.41 bits per heavy atom. The molecule has 1 aliphatic heterocycles. The third-order valence-corrected chi connectivity index (χ3v) is 8.56. The quantitative estimate of drug-likeness (QED) is 0.544. The first-order valence-corrected chi connectivity index (χ1v) is 9.57. The van der Waals surface area contributed by atoms with Gasteiger partial charge < -0.3 is 9.16 Å². The zero-order valence-corrected chi connectivity index (χ0v) is 13.1. The summed E-state index contributed by atoms with van der Waals surface area (Å²) in [7, 11) is -1.61. The van der Waals surface area contributed by atoms with Crippen LogP contribution in [0.5, 0.6) is 0 Å². The molecule has 0 bridgehead atoms. The van der Waals surface area contributed by atoms with Gasteiger partial charge in [0.05, 0.1) is 18.8 Å². The van der Waals surface area contributed by atoms with Crippen LogP contribution in [-0.4, -0.2) is 27.1 Å². The van der Waals surface area contributed by atoms with Crippen LogP contribution in [0.2, 0.25) is 18.1 Å². The van der Waals surface area contributed by atoms with E-state index < -0.39 is 8.32 Å². The summed E-state index contributed by atoms with van der Waals surface area (Å²) in [6.45, 7) is 15.9. The molecule has 0 spiro atoms. The zero-order chi connectivity index (χ0) is 13.1. The van der Waals surface area contributed by atoms with Crippen molar-refractivity contribution in [1.29, 1.82) is 0 Å².